The number of hydrogen-bond acceptors (Lipinski definition) is 9. The molecule has 15 heteroatoms. The molecule has 2 fully saturated rings. The number of amides is 3. The maximum absolute atomic E-state index is 14.9. The summed E-state index contributed by atoms with van der Waals surface area (Å²) in [4.78, 5) is 51.2. The molecule has 3 N–H and O–H groups in total. The molecule has 2 saturated heterocycles. The largest absolute Gasteiger partial charge is 0.494 e. The average molecular weight is 761 g/mol. The Bertz CT molecular complexity index is 2020. The van der Waals surface area contributed by atoms with Crippen LogP contribution in [0.3, 0.4) is 0 Å². The summed E-state index contributed by atoms with van der Waals surface area (Å²) < 4.78 is 41.3. The molecule has 0 radical (unpaired) electrons. The van der Waals surface area contributed by atoms with Gasteiger partial charge in [-0.3, -0.25) is 14.0 Å². The average Bonchev–Trinajstić information content (AvgIpc) is 3.58. The smallest absolute Gasteiger partial charge is 0.410 e. The maximum Gasteiger partial charge on any atom is 0.410 e. The number of carbonyl (C=O) groups excluding carboxylic acids is 3. The number of imidazole rings is 1. The molecule has 2 aromatic heterocycles. The van der Waals surface area contributed by atoms with Gasteiger partial charge >= 0.3 is 6.09 Å². The second-order valence-electron chi connectivity index (χ2n) is 15.1. The lowest BCUT2D eigenvalue weighted by Gasteiger charge is -2.43. The molecule has 2 aliphatic rings. The summed E-state index contributed by atoms with van der Waals surface area (Å²) in [5.74, 6) is -1.64. The number of halogens is 2. The maximum atomic E-state index is 14.9. The third kappa shape index (κ3) is 9.32. The highest BCUT2D eigenvalue weighted by molar-refractivity contribution is 5.96. The monoisotopic (exact) mass is 760 g/mol. The van der Waals surface area contributed by atoms with Crippen molar-refractivity contribution in [2.24, 2.45) is 11.8 Å². The molecule has 0 saturated carbocycles. The molecule has 0 unspecified atom stereocenters. The minimum atomic E-state index is -1.08. The number of carbonyl (C=O) groups is 3. The van der Waals surface area contributed by atoms with Gasteiger partial charge in [-0.15, -0.1) is 0 Å². The van der Waals surface area contributed by atoms with Gasteiger partial charge in [-0.2, -0.15) is 4.39 Å². The van der Waals surface area contributed by atoms with Gasteiger partial charge in [0.2, 0.25) is 11.7 Å². The van der Waals surface area contributed by atoms with Gasteiger partial charge in [-0.05, 0) is 95.4 Å². The van der Waals surface area contributed by atoms with E-state index in [1.165, 1.54) is 31.6 Å². The Morgan fingerprint density at radius 2 is 1.73 bits per heavy atom. The summed E-state index contributed by atoms with van der Waals surface area (Å²) in [5, 5.41) is 9.26. The van der Waals surface area contributed by atoms with Gasteiger partial charge in [-0.1, -0.05) is 6.92 Å². The van der Waals surface area contributed by atoms with Crippen LogP contribution in [0.15, 0.2) is 48.9 Å². The van der Waals surface area contributed by atoms with Gasteiger partial charge in [-0.25, -0.2) is 19.2 Å². The number of rotatable bonds is 13. The molecule has 13 nitrogen and oxygen atoms in total. The molecule has 2 aromatic carbocycles. The first-order valence-electron chi connectivity index (χ1n) is 18.9. The number of ether oxygens (including phenoxy) is 2. The number of aromatic nitrogens is 3. The van der Waals surface area contributed by atoms with Crippen molar-refractivity contribution < 1.29 is 32.6 Å². The lowest BCUT2D eigenvalue weighted by Crippen LogP contribution is -2.55. The Morgan fingerprint density at radius 1 is 0.982 bits per heavy atom. The number of anilines is 2. The Balaban J connectivity index is 0.933. The van der Waals surface area contributed by atoms with Crippen LogP contribution in [0.1, 0.15) is 62.9 Å². The van der Waals surface area contributed by atoms with Crippen LogP contribution in [-0.2, 0) is 16.0 Å². The fourth-order valence-corrected chi connectivity index (χ4v) is 7.06. The van der Waals surface area contributed by atoms with Crippen molar-refractivity contribution >= 4 is 35.1 Å². The van der Waals surface area contributed by atoms with E-state index in [-0.39, 0.29) is 35.1 Å². The number of piperidine rings is 1. The van der Waals surface area contributed by atoms with Gasteiger partial charge in [0.15, 0.2) is 23.0 Å². The zero-order valence-electron chi connectivity index (χ0n) is 32.1. The predicted molar refractivity (Wildman–Crippen MR) is 204 cm³/mol. The number of likely N-dealkylation sites (tertiary alicyclic amines) is 2. The van der Waals surface area contributed by atoms with Gasteiger partial charge < -0.3 is 35.2 Å². The lowest BCUT2D eigenvalue weighted by atomic mass is 9.93. The third-order valence-corrected chi connectivity index (χ3v) is 9.99. The molecule has 2 aliphatic heterocycles. The zero-order chi connectivity index (χ0) is 39.3. The highest BCUT2D eigenvalue weighted by Crippen LogP contribution is 2.32. The van der Waals surface area contributed by atoms with Crippen LogP contribution in [-0.4, -0.2) is 101 Å². The standard InChI is InChI=1S/C40H50F2N8O5/c1-6-26-20-28(47-35-36-46-21-31(50(36)19-16-43-35)30-10-11-32(54-5)34(42)33(30)41)8-9-29(26)38(52)45-15-7-14-44-37(51)27-12-17-48(18-13-27)22-25-23-49(24-25)39(53)55-40(2,3)4/h8-11,16,19-21,25,27H,6-7,12-15,17-18,22-24H2,1-5H3,(H,43,47)(H,44,51)(H,45,52). The van der Waals surface area contributed by atoms with Crippen LogP contribution >= 0.6 is 0 Å². The first kappa shape index (κ1) is 39.4. The van der Waals surface area contributed by atoms with Crippen molar-refractivity contribution in [2.45, 2.75) is 59.0 Å². The van der Waals surface area contributed by atoms with E-state index < -0.39 is 17.2 Å². The SMILES string of the molecule is CCc1cc(Nc2nccn3c(-c4ccc(OC)c(F)c4F)cnc23)ccc1C(=O)NCCCNC(=O)C1CCN(CC2CN(C(=O)OC(C)(C)C)C2)CC1. The topological polar surface area (TPSA) is 142 Å². The fourth-order valence-electron chi connectivity index (χ4n) is 7.06. The Labute approximate surface area is 319 Å². The number of aryl methyl sites for hydroxylation is 1. The van der Waals surface area contributed by atoms with Crippen molar-refractivity contribution in [1.82, 2.24) is 34.8 Å². The van der Waals surface area contributed by atoms with Crippen molar-refractivity contribution in [3.63, 3.8) is 0 Å². The number of fused-ring (bicyclic) bond motifs is 1. The van der Waals surface area contributed by atoms with Crippen LogP contribution in [0.5, 0.6) is 5.75 Å². The first-order valence-corrected chi connectivity index (χ1v) is 18.9. The van der Waals surface area contributed by atoms with Crippen LogP contribution in [0.4, 0.5) is 25.1 Å². The van der Waals surface area contributed by atoms with E-state index >= 15 is 0 Å². The summed E-state index contributed by atoms with van der Waals surface area (Å²) in [5.41, 5.74) is 2.35. The van der Waals surface area contributed by atoms with E-state index in [1.807, 2.05) is 33.8 Å². The van der Waals surface area contributed by atoms with Crippen LogP contribution in [0.2, 0.25) is 0 Å². The second-order valence-corrected chi connectivity index (χ2v) is 15.1. The van der Waals surface area contributed by atoms with E-state index in [9.17, 15) is 23.2 Å². The van der Waals surface area contributed by atoms with E-state index in [0.717, 1.165) is 38.0 Å². The number of nitrogens with zero attached hydrogens (tertiary/aromatic N) is 5. The minimum absolute atomic E-state index is 0.0245. The van der Waals surface area contributed by atoms with Crippen LogP contribution in [0, 0.1) is 23.5 Å². The molecule has 0 aliphatic carbocycles. The van der Waals surface area contributed by atoms with Crippen molar-refractivity contribution in [3.8, 4) is 17.0 Å². The molecule has 4 heterocycles. The van der Waals surface area contributed by atoms with E-state index in [4.69, 9.17) is 9.47 Å². The van der Waals surface area contributed by atoms with Gasteiger partial charge in [0.25, 0.3) is 5.91 Å². The highest BCUT2D eigenvalue weighted by atomic mass is 19.2. The van der Waals surface area contributed by atoms with Crippen LogP contribution < -0.4 is 20.7 Å². The summed E-state index contributed by atoms with van der Waals surface area (Å²) in [6.45, 7) is 12.5. The molecular weight excluding hydrogens is 710 g/mol. The van der Waals surface area contributed by atoms with Crippen molar-refractivity contribution in [2.75, 3.05) is 58.2 Å². The fraction of sp³-hybridized carbons (Fsp3) is 0.475. The third-order valence-electron chi connectivity index (χ3n) is 9.99. The van der Waals surface area contributed by atoms with Gasteiger partial charge in [0.05, 0.1) is 19.0 Å². The van der Waals surface area contributed by atoms with Crippen LogP contribution in [0.25, 0.3) is 16.9 Å². The number of nitrogens with one attached hydrogen (secondary N) is 3. The first-order chi connectivity index (χ1) is 26.3. The van der Waals surface area contributed by atoms with E-state index in [0.29, 0.717) is 73.3 Å². The second kappa shape index (κ2) is 17.0. The minimum Gasteiger partial charge on any atom is -0.494 e. The van der Waals surface area contributed by atoms with Gasteiger partial charge in [0, 0.05) is 73.8 Å². The Morgan fingerprint density at radius 3 is 2.44 bits per heavy atom. The predicted octanol–water partition coefficient (Wildman–Crippen LogP) is 5.80. The number of methoxy groups -OCH3 is 1. The van der Waals surface area contributed by atoms with Crippen molar-refractivity contribution in [3.05, 3.63) is 71.7 Å². The van der Waals surface area contributed by atoms with Gasteiger partial charge in [0.1, 0.15) is 5.60 Å². The molecule has 0 atom stereocenters. The molecule has 6 rings (SSSR count). The number of hydrogen-bond donors (Lipinski definition) is 3. The normalized spacial score (nSPS) is 15.4. The lowest BCUT2D eigenvalue weighted by molar-refractivity contribution is -0.126. The van der Waals surface area contributed by atoms with E-state index in [1.54, 1.807) is 27.6 Å². The molecule has 0 spiro atoms. The van der Waals surface area contributed by atoms with Crippen molar-refractivity contribution in [1.29, 1.82) is 0 Å². The van der Waals surface area contributed by atoms with E-state index in [2.05, 4.69) is 30.8 Å². The Kier molecular flexibility index (Phi) is 12.2. The summed E-state index contributed by atoms with van der Waals surface area (Å²) in [6, 6.07) is 8.20. The highest BCUT2D eigenvalue weighted by Gasteiger charge is 2.35. The summed E-state index contributed by atoms with van der Waals surface area (Å²) in [6.07, 6.45) is 7.15. The molecule has 294 valence electrons. The quantitative estimate of drug-likeness (QED) is 0.144. The number of benzene rings is 2. The summed E-state index contributed by atoms with van der Waals surface area (Å²) >= 11 is 0. The zero-order valence-corrected chi connectivity index (χ0v) is 32.1. The Hall–Kier alpha value is -5.31. The molecule has 3 amide bonds. The summed E-state index contributed by atoms with van der Waals surface area (Å²) in [7, 11) is 1.27. The molecule has 4 aromatic rings. The molecular formula is C40H50F2N8O5. The molecule has 55 heavy (non-hydrogen) atoms. The molecule has 0 bridgehead atoms.